The monoisotopic (exact) mass is 276 g/mol. The summed E-state index contributed by atoms with van der Waals surface area (Å²) in [5.41, 5.74) is 2.74. The Morgan fingerprint density at radius 2 is 2.21 bits per heavy atom. The Hall–Kier alpha value is -2.21. The Labute approximate surface area is 113 Å². The number of carbonyl (C=O) groups is 2. The second-order valence-corrected chi connectivity index (χ2v) is 4.76. The predicted octanol–water partition coefficient (Wildman–Crippen LogP) is 1.81. The van der Waals surface area contributed by atoms with E-state index >= 15 is 0 Å². The number of carboxylic acids is 1. The fourth-order valence-electron chi connectivity index (χ4n) is 1.60. The fraction of sp³-hybridized carbons (Fsp3) is 0.154. The normalized spacial score (nSPS) is 10.1. The van der Waals surface area contributed by atoms with Gasteiger partial charge in [-0.2, -0.15) is 0 Å². The number of aromatic carboxylic acids is 1. The third-order valence-corrected chi connectivity index (χ3v) is 3.30. The second kappa shape index (κ2) is 6.10. The summed E-state index contributed by atoms with van der Waals surface area (Å²) in [6.45, 7) is 0.458. The molecule has 98 valence electrons. The molecule has 0 bridgehead atoms. The highest BCUT2D eigenvalue weighted by atomic mass is 32.1. The molecule has 0 fully saturated rings. The first-order valence-electron chi connectivity index (χ1n) is 5.66. The molecule has 0 radical (unpaired) electrons. The molecule has 1 aromatic carbocycles. The molecule has 1 amide bonds. The molecule has 19 heavy (non-hydrogen) atoms. The lowest BCUT2D eigenvalue weighted by molar-refractivity contribution is 0.0696. The molecule has 2 N–H and O–H groups in total. The Bertz CT molecular complexity index is 581. The number of amides is 1. The lowest BCUT2D eigenvalue weighted by Gasteiger charge is -2.04. The molecule has 6 heteroatoms. The predicted molar refractivity (Wildman–Crippen MR) is 71.6 cm³/mol. The van der Waals surface area contributed by atoms with Crippen molar-refractivity contribution in [2.24, 2.45) is 0 Å². The molecule has 5 nitrogen and oxygen atoms in total. The molecular weight excluding hydrogens is 264 g/mol. The molecule has 1 heterocycles. The van der Waals surface area contributed by atoms with E-state index in [1.54, 1.807) is 23.7 Å². The quantitative estimate of drug-likeness (QED) is 0.873. The van der Waals surface area contributed by atoms with E-state index in [9.17, 15) is 9.59 Å². The number of hydrogen-bond donors (Lipinski definition) is 2. The minimum Gasteiger partial charge on any atom is -0.478 e. The van der Waals surface area contributed by atoms with Crippen LogP contribution in [-0.2, 0) is 6.42 Å². The average Bonchev–Trinajstić information content (AvgIpc) is 2.93. The third-order valence-electron chi connectivity index (χ3n) is 2.53. The zero-order valence-corrected chi connectivity index (χ0v) is 10.8. The Morgan fingerprint density at radius 3 is 2.89 bits per heavy atom. The van der Waals surface area contributed by atoms with E-state index < -0.39 is 5.97 Å². The van der Waals surface area contributed by atoms with Crippen LogP contribution < -0.4 is 5.32 Å². The lowest BCUT2D eigenvalue weighted by atomic mass is 10.1. The number of nitrogens with one attached hydrogen (secondary N) is 1. The van der Waals surface area contributed by atoms with Gasteiger partial charge >= 0.3 is 5.97 Å². The largest absolute Gasteiger partial charge is 0.478 e. The van der Waals surface area contributed by atoms with E-state index in [0.717, 1.165) is 5.56 Å². The highest BCUT2D eigenvalue weighted by molar-refractivity contribution is 7.11. The molecule has 2 rings (SSSR count). The highest BCUT2D eigenvalue weighted by Gasteiger charge is 2.07. The van der Waals surface area contributed by atoms with Crippen molar-refractivity contribution in [3.05, 3.63) is 52.0 Å². The summed E-state index contributed by atoms with van der Waals surface area (Å²) >= 11 is 1.28. The first kappa shape index (κ1) is 13.2. The van der Waals surface area contributed by atoms with E-state index in [2.05, 4.69) is 10.3 Å². The summed E-state index contributed by atoms with van der Waals surface area (Å²) in [7, 11) is 0. The smallest absolute Gasteiger partial charge is 0.335 e. The topological polar surface area (TPSA) is 79.3 Å². The van der Waals surface area contributed by atoms with Crippen LogP contribution in [0.4, 0.5) is 0 Å². The van der Waals surface area contributed by atoms with Crippen molar-refractivity contribution < 1.29 is 14.7 Å². The van der Waals surface area contributed by atoms with E-state index in [1.807, 2.05) is 6.07 Å². The zero-order chi connectivity index (χ0) is 13.7. The zero-order valence-electron chi connectivity index (χ0n) is 10.00. The molecule has 0 aliphatic carbocycles. The number of thiazole rings is 1. The minimum atomic E-state index is -0.949. The van der Waals surface area contributed by atoms with Crippen molar-refractivity contribution in [3.8, 4) is 0 Å². The summed E-state index contributed by atoms with van der Waals surface area (Å²) in [6.07, 6.45) is 2.11. The van der Waals surface area contributed by atoms with Crippen LogP contribution in [0.15, 0.2) is 36.0 Å². The Balaban J connectivity index is 1.87. The van der Waals surface area contributed by atoms with Crippen molar-refractivity contribution in [2.45, 2.75) is 6.42 Å². The number of rotatable bonds is 5. The van der Waals surface area contributed by atoms with Crippen LogP contribution in [0.5, 0.6) is 0 Å². The van der Waals surface area contributed by atoms with Crippen LogP contribution in [0.1, 0.15) is 25.6 Å². The van der Waals surface area contributed by atoms with Crippen molar-refractivity contribution in [2.75, 3.05) is 6.54 Å². The van der Waals surface area contributed by atoms with E-state index in [-0.39, 0.29) is 11.5 Å². The van der Waals surface area contributed by atoms with Gasteiger partial charge in [-0.05, 0) is 24.1 Å². The minimum absolute atomic E-state index is 0.156. The van der Waals surface area contributed by atoms with Gasteiger partial charge in [0, 0.05) is 6.54 Å². The molecule has 0 unspecified atom stereocenters. The first-order chi connectivity index (χ1) is 9.16. The Morgan fingerprint density at radius 1 is 1.37 bits per heavy atom. The molecule has 0 saturated heterocycles. The van der Waals surface area contributed by atoms with Gasteiger partial charge in [0.2, 0.25) is 0 Å². The SMILES string of the molecule is O=C(O)c1cccc(CCNC(=O)c2cncs2)c1. The maximum atomic E-state index is 11.6. The van der Waals surface area contributed by atoms with E-state index in [0.29, 0.717) is 17.8 Å². The molecule has 0 spiro atoms. The molecule has 0 aliphatic rings. The van der Waals surface area contributed by atoms with Gasteiger partial charge in [-0.3, -0.25) is 9.78 Å². The molecular formula is C13H12N2O3S. The number of hydrogen-bond acceptors (Lipinski definition) is 4. The maximum absolute atomic E-state index is 11.6. The van der Waals surface area contributed by atoms with Crippen molar-refractivity contribution in [1.29, 1.82) is 0 Å². The molecule has 0 atom stereocenters. The van der Waals surface area contributed by atoms with Crippen LogP contribution in [0, 0.1) is 0 Å². The van der Waals surface area contributed by atoms with Crippen molar-refractivity contribution in [1.82, 2.24) is 10.3 Å². The van der Waals surface area contributed by atoms with Crippen LogP contribution in [0.25, 0.3) is 0 Å². The van der Waals surface area contributed by atoms with Gasteiger partial charge in [0.05, 0.1) is 17.3 Å². The lowest BCUT2D eigenvalue weighted by Crippen LogP contribution is -2.24. The molecule has 0 aliphatic heterocycles. The number of carbonyl (C=O) groups excluding carboxylic acids is 1. The summed E-state index contributed by atoms with van der Waals surface area (Å²) in [4.78, 5) is 26.9. The first-order valence-corrected chi connectivity index (χ1v) is 6.53. The summed E-state index contributed by atoms with van der Waals surface area (Å²) < 4.78 is 0. The molecule has 2 aromatic rings. The van der Waals surface area contributed by atoms with Crippen LogP contribution in [0.2, 0.25) is 0 Å². The number of aromatic nitrogens is 1. The van der Waals surface area contributed by atoms with Crippen molar-refractivity contribution in [3.63, 3.8) is 0 Å². The number of carboxylic acid groups (broad SMARTS) is 1. The van der Waals surface area contributed by atoms with Gasteiger partial charge in [0.25, 0.3) is 5.91 Å². The maximum Gasteiger partial charge on any atom is 0.335 e. The van der Waals surface area contributed by atoms with Gasteiger partial charge in [-0.1, -0.05) is 12.1 Å². The van der Waals surface area contributed by atoms with Gasteiger partial charge < -0.3 is 10.4 Å². The van der Waals surface area contributed by atoms with Crippen LogP contribution in [-0.4, -0.2) is 28.5 Å². The number of benzene rings is 1. The van der Waals surface area contributed by atoms with Gasteiger partial charge in [-0.15, -0.1) is 11.3 Å². The van der Waals surface area contributed by atoms with Gasteiger partial charge in [0.1, 0.15) is 4.88 Å². The molecule has 1 aromatic heterocycles. The van der Waals surface area contributed by atoms with Crippen molar-refractivity contribution >= 4 is 23.2 Å². The third kappa shape index (κ3) is 3.62. The summed E-state index contributed by atoms with van der Waals surface area (Å²) in [5.74, 6) is -1.10. The van der Waals surface area contributed by atoms with Gasteiger partial charge in [0.15, 0.2) is 0 Å². The van der Waals surface area contributed by atoms with Crippen LogP contribution >= 0.6 is 11.3 Å². The average molecular weight is 276 g/mol. The highest BCUT2D eigenvalue weighted by Crippen LogP contribution is 2.07. The number of nitrogens with zero attached hydrogens (tertiary/aromatic N) is 1. The standard InChI is InChI=1S/C13H12N2O3S/c16-12(11-7-14-8-19-11)15-5-4-9-2-1-3-10(6-9)13(17)18/h1-3,6-8H,4-5H2,(H,15,16)(H,17,18). The summed E-state index contributed by atoms with van der Waals surface area (Å²) in [5, 5.41) is 11.6. The Kier molecular flexibility index (Phi) is 4.25. The van der Waals surface area contributed by atoms with E-state index in [4.69, 9.17) is 5.11 Å². The van der Waals surface area contributed by atoms with Gasteiger partial charge in [-0.25, -0.2) is 4.79 Å². The molecule has 0 saturated carbocycles. The second-order valence-electron chi connectivity index (χ2n) is 3.88. The van der Waals surface area contributed by atoms with E-state index in [1.165, 1.54) is 17.5 Å². The van der Waals surface area contributed by atoms with Crippen LogP contribution in [0.3, 0.4) is 0 Å². The fourth-order valence-corrected chi connectivity index (χ4v) is 2.13. The summed E-state index contributed by atoms with van der Waals surface area (Å²) in [6, 6.07) is 6.69.